The number of aliphatic hydroxyl groups excluding tert-OH is 1. The number of nitrogens with zero attached hydrogens (tertiary/aromatic N) is 2. The molecule has 0 amide bonds. The topological polar surface area (TPSA) is 35.9 Å². The van der Waals surface area contributed by atoms with Gasteiger partial charge in [-0.15, -0.1) is 0 Å². The molecule has 1 fully saturated rings. The van der Waals surface area contributed by atoms with Crippen LogP contribution in [-0.4, -0.2) is 61.3 Å². The number of aliphatic hydroxyl groups is 1. The van der Waals surface area contributed by atoms with Crippen molar-refractivity contribution in [2.24, 2.45) is 0 Å². The van der Waals surface area contributed by atoms with Crippen molar-refractivity contribution in [2.75, 3.05) is 46.4 Å². The zero-order valence-corrected chi connectivity index (χ0v) is 11.9. The Labute approximate surface area is 115 Å². The highest BCUT2D eigenvalue weighted by Gasteiger charge is 2.19. The highest BCUT2D eigenvalue weighted by atomic mass is 16.5. The molecule has 1 atom stereocenters. The van der Waals surface area contributed by atoms with Gasteiger partial charge in [0.2, 0.25) is 0 Å². The van der Waals surface area contributed by atoms with Crippen LogP contribution in [-0.2, 0) is 0 Å². The minimum atomic E-state index is -0.480. The summed E-state index contributed by atoms with van der Waals surface area (Å²) < 4.78 is 5.58. The lowest BCUT2D eigenvalue weighted by Gasteiger charge is -2.33. The molecular formula is C15H24N2O2. The molecule has 1 N–H and O–H groups in total. The summed E-state index contributed by atoms with van der Waals surface area (Å²) in [5.41, 5.74) is 0.892. The van der Waals surface area contributed by atoms with Gasteiger partial charge < -0.3 is 14.7 Å². The van der Waals surface area contributed by atoms with Gasteiger partial charge >= 0.3 is 0 Å². The maximum Gasteiger partial charge on any atom is 0.125 e. The Balaban J connectivity index is 1.97. The van der Waals surface area contributed by atoms with Crippen molar-refractivity contribution in [3.8, 4) is 5.75 Å². The fourth-order valence-electron chi connectivity index (χ4n) is 2.42. The molecule has 0 saturated carbocycles. The molecule has 4 heteroatoms. The van der Waals surface area contributed by atoms with Gasteiger partial charge in [0.15, 0.2) is 0 Å². The normalized spacial score (nSPS) is 19.3. The summed E-state index contributed by atoms with van der Waals surface area (Å²) in [6.45, 7) is 7.44. The number of benzene rings is 1. The van der Waals surface area contributed by atoms with Gasteiger partial charge in [-0.2, -0.15) is 0 Å². The fourth-order valence-corrected chi connectivity index (χ4v) is 2.42. The minimum Gasteiger partial charge on any atom is -0.493 e. The molecule has 0 spiro atoms. The molecule has 1 saturated heterocycles. The van der Waals surface area contributed by atoms with E-state index >= 15 is 0 Å². The van der Waals surface area contributed by atoms with Gasteiger partial charge in [0.05, 0.1) is 12.7 Å². The van der Waals surface area contributed by atoms with E-state index in [1.807, 2.05) is 31.2 Å². The summed E-state index contributed by atoms with van der Waals surface area (Å²) in [6, 6.07) is 7.76. The van der Waals surface area contributed by atoms with Gasteiger partial charge in [-0.3, -0.25) is 4.90 Å². The molecule has 4 nitrogen and oxygen atoms in total. The summed E-state index contributed by atoms with van der Waals surface area (Å²) in [4.78, 5) is 4.63. The second-order valence-electron chi connectivity index (χ2n) is 5.09. The van der Waals surface area contributed by atoms with Crippen molar-refractivity contribution in [1.82, 2.24) is 9.80 Å². The Bertz CT molecular complexity index is 389. The van der Waals surface area contributed by atoms with E-state index in [1.54, 1.807) is 0 Å². The van der Waals surface area contributed by atoms with Crippen molar-refractivity contribution >= 4 is 0 Å². The number of β-amino-alcohol motifs (C(OH)–C–C–N with tert-alkyl or cyclic N) is 1. The van der Waals surface area contributed by atoms with Gasteiger partial charge in [0.1, 0.15) is 5.75 Å². The smallest absolute Gasteiger partial charge is 0.125 e. The van der Waals surface area contributed by atoms with E-state index < -0.39 is 6.10 Å². The standard InChI is InChI=1S/C15H24N2O2/c1-3-19-15-7-5-4-6-13(15)14(18)12-17-10-8-16(2)9-11-17/h4-7,14,18H,3,8-12H2,1-2H3. The van der Waals surface area contributed by atoms with Crippen molar-refractivity contribution in [3.63, 3.8) is 0 Å². The average molecular weight is 264 g/mol. The zero-order valence-electron chi connectivity index (χ0n) is 11.9. The van der Waals surface area contributed by atoms with E-state index in [1.165, 1.54) is 0 Å². The first-order valence-corrected chi connectivity index (χ1v) is 7.01. The maximum absolute atomic E-state index is 10.4. The first-order valence-electron chi connectivity index (χ1n) is 7.01. The Kier molecular flexibility index (Phi) is 5.19. The molecule has 1 aromatic carbocycles. The maximum atomic E-state index is 10.4. The number of para-hydroxylation sites is 1. The van der Waals surface area contributed by atoms with Crippen LogP contribution in [0, 0.1) is 0 Å². The van der Waals surface area contributed by atoms with Crippen molar-refractivity contribution in [2.45, 2.75) is 13.0 Å². The van der Waals surface area contributed by atoms with Gasteiger partial charge in [-0.05, 0) is 20.0 Å². The molecule has 1 aliphatic rings. The zero-order chi connectivity index (χ0) is 13.7. The van der Waals surface area contributed by atoms with Gasteiger partial charge in [0, 0.05) is 38.3 Å². The van der Waals surface area contributed by atoms with E-state index in [4.69, 9.17) is 4.74 Å². The Morgan fingerprint density at radius 3 is 2.58 bits per heavy atom. The number of likely N-dealkylation sites (N-methyl/N-ethyl adjacent to an activating group) is 1. The molecule has 1 aromatic rings. The summed E-state index contributed by atoms with van der Waals surface area (Å²) >= 11 is 0. The van der Waals surface area contributed by atoms with Crippen LogP contribution in [0.2, 0.25) is 0 Å². The minimum absolute atomic E-state index is 0.480. The summed E-state index contributed by atoms with van der Waals surface area (Å²) in [5.74, 6) is 0.798. The number of ether oxygens (including phenoxy) is 1. The van der Waals surface area contributed by atoms with Gasteiger partial charge in [-0.1, -0.05) is 18.2 Å². The molecule has 0 radical (unpaired) electrons. The van der Waals surface area contributed by atoms with Crippen LogP contribution in [0.3, 0.4) is 0 Å². The van der Waals surface area contributed by atoms with Crippen LogP contribution >= 0.6 is 0 Å². The lowest BCUT2D eigenvalue weighted by molar-refractivity contribution is 0.0788. The molecule has 0 bridgehead atoms. The van der Waals surface area contributed by atoms with Crippen molar-refractivity contribution in [1.29, 1.82) is 0 Å². The largest absolute Gasteiger partial charge is 0.493 e. The highest BCUT2D eigenvalue weighted by Crippen LogP contribution is 2.25. The lowest BCUT2D eigenvalue weighted by Crippen LogP contribution is -2.45. The van der Waals surface area contributed by atoms with Crippen LogP contribution < -0.4 is 4.74 Å². The van der Waals surface area contributed by atoms with Gasteiger partial charge in [0.25, 0.3) is 0 Å². The highest BCUT2D eigenvalue weighted by molar-refractivity contribution is 5.35. The molecule has 106 valence electrons. The molecule has 19 heavy (non-hydrogen) atoms. The number of rotatable bonds is 5. The monoisotopic (exact) mass is 264 g/mol. The lowest BCUT2D eigenvalue weighted by atomic mass is 10.1. The number of hydrogen-bond donors (Lipinski definition) is 1. The number of hydrogen-bond acceptors (Lipinski definition) is 4. The van der Waals surface area contributed by atoms with Crippen LogP contribution in [0.4, 0.5) is 0 Å². The van der Waals surface area contributed by atoms with E-state index in [0.29, 0.717) is 13.2 Å². The molecule has 1 heterocycles. The second-order valence-corrected chi connectivity index (χ2v) is 5.09. The molecule has 0 aromatic heterocycles. The van der Waals surface area contributed by atoms with E-state index in [2.05, 4.69) is 16.8 Å². The molecule has 1 aliphatic heterocycles. The Morgan fingerprint density at radius 2 is 1.89 bits per heavy atom. The quantitative estimate of drug-likeness (QED) is 0.871. The number of piperazine rings is 1. The third kappa shape index (κ3) is 3.93. The van der Waals surface area contributed by atoms with Crippen LogP contribution in [0.5, 0.6) is 5.75 Å². The summed E-state index contributed by atoms with van der Waals surface area (Å²) in [6.07, 6.45) is -0.480. The molecule has 1 unspecified atom stereocenters. The van der Waals surface area contributed by atoms with Crippen LogP contribution in [0.15, 0.2) is 24.3 Å². The second kappa shape index (κ2) is 6.89. The van der Waals surface area contributed by atoms with E-state index in [0.717, 1.165) is 37.5 Å². The SMILES string of the molecule is CCOc1ccccc1C(O)CN1CCN(C)CC1. The average Bonchev–Trinajstić information content (AvgIpc) is 2.42. The fraction of sp³-hybridized carbons (Fsp3) is 0.600. The third-order valence-electron chi connectivity index (χ3n) is 3.60. The summed E-state index contributed by atoms with van der Waals surface area (Å²) in [5, 5.41) is 10.4. The van der Waals surface area contributed by atoms with Crippen LogP contribution in [0.25, 0.3) is 0 Å². The first-order chi connectivity index (χ1) is 9.20. The molecule has 0 aliphatic carbocycles. The predicted molar refractivity (Wildman–Crippen MR) is 76.5 cm³/mol. The van der Waals surface area contributed by atoms with E-state index in [-0.39, 0.29) is 0 Å². The first kappa shape index (κ1) is 14.3. The van der Waals surface area contributed by atoms with Crippen LogP contribution in [0.1, 0.15) is 18.6 Å². The predicted octanol–water partition coefficient (Wildman–Crippen LogP) is 1.37. The van der Waals surface area contributed by atoms with E-state index in [9.17, 15) is 5.11 Å². The van der Waals surface area contributed by atoms with Crippen molar-refractivity contribution in [3.05, 3.63) is 29.8 Å². The van der Waals surface area contributed by atoms with Gasteiger partial charge in [-0.25, -0.2) is 0 Å². The summed E-state index contributed by atoms with van der Waals surface area (Å²) in [7, 11) is 2.14. The van der Waals surface area contributed by atoms with Crippen molar-refractivity contribution < 1.29 is 9.84 Å². The third-order valence-corrected chi connectivity index (χ3v) is 3.60. The molecular weight excluding hydrogens is 240 g/mol. The Hall–Kier alpha value is -1.10. The Morgan fingerprint density at radius 1 is 1.21 bits per heavy atom. The molecule has 2 rings (SSSR count).